The molecule has 0 saturated carbocycles. The van der Waals surface area contributed by atoms with E-state index in [1.54, 1.807) is 31.2 Å². The number of aryl methyl sites for hydroxylation is 1. The summed E-state index contributed by atoms with van der Waals surface area (Å²) in [6.07, 6.45) is 0.832. The summed E-state index contributed by atoms with van der Waals surface area (Å²) in [4.78, 5) is 46.6. The molecule has 0 atom stereocenters. The molecule has 8 nitrogen and oxygen atoms in total. The van der Waals surface area contributed by atoms with Crippen molar-refractivity contribution in [1.82, 2.24) is 0 Å². The lowest BCUT2D eigenvalue weighted by molar-refractivity contribution is -0.384. The topological polar surface area (TPSA) is 113 Å². The number of hydrogen-bond acceptors (Lipinski definition) is 7. The van der Waals surface area contributed by atoms with Gasteiger partial charge in [-0.1, -0.05) is 31.2 Å². The molecule has 0 bridgehead atoms. The number of carbonyl (C=O) groups excluding carboxylic acids is 3. The third-order valence-electron chi connectivity index (χ3n) is 3.89. The highest BCUT2D eigenvalue weighted by Crippen LogP contribution is 2.19. The van der Waals surface area contributed by atoms with Crippen molar-refractivity contribution in [1.29, 1.82) is 0 Å². The maximum atomic E-state index is 12.2. The number of ether oxygens (including phenoxy) is 2. The smallest absolute Gasteiger partial charge is 0.338 e. The molecule has 0 aliphatic carbocycles. The molecule has 0 aromatic heterocycles. The van der Waals surface area contributed by atoms with E-state index in [0.717, 1.165) is 30.2 Å². The largest absolute Gasteiger partial charge is 0.462 e. The fourth-order valence-corrected chi connectivity index (χ4v) is 2.39. The van der Waals surface area contributed by atoms with Crippen LogP contribution in [-0.4, -0.2) is 35.9 Å². The van der Waals surface area contributed by atoms with Gasteiger partial charge in [0.05, 0.1) is 22.7 Å². The highest BCUT2D eigenvalue weighted by molar-refractivity contribution is 6.00. The zero-order chi connectivity index (χ0) is 20.7. The summed E-state index contributed by atoms with van der Waals surface area (Å²) in [6.45, 7) is 3.12. The summed E-state index contributed by atoms with van der Waals surface area (Å²) in [6, 6.07) is 10.0. The van der Waals surface area contributed by atoms with Gasteiger partial charge in [0, 0.05) is 17.7 Å². The van der Waals surface area contributed by atoms with E-state index in [4.69, 9.17) is 9.47 Å². The number of benzene rings is 2. The van der Waals surface area contributed by atoms with Crippen molar-refractivity contribution in [3.8, 4) is 0 Å². The SMILES string of the molecule is CCOC(=O)c1cc(C(=O)OCC(=O)c2ccc(CC)cc2)cc([N+](=O)[O-])c1. The first-order valence-electron chi connectivity index (χ1n) is 8.61. The number of nitrogens with zero attached hydrogens (tertiary/aromatic N) is 1. The molecule has 2 aromatic carbocycles. The Morgan fingerprint density at radius 1 is 0.893 bits per heavy atom. The van der Waals surface area contributed by atoms with Crippen molar-refractivity contribution in [2.45, 2.75) is 20.3 Å². The van der Waals surface area contributed by atoms with Gasteiger partial charge in [-0.15, -0.1) is 0 Å². The summed E-state index contributed by atoms with van der Waals surface area (Å²) in [5.74, 6) is -2.16. The molecule has 0 N–H and O–H groups in total. The minimum absolute atomic E-state index is 0.0760. The molecule has 0 saturated heterocycles. The van der Waals surface area contributed by atoms with Crippen molar-refractivity contribution < 1.29 is 28.8 Å². The number of rotatable bonds is 8. The molecule has 0 heterocycles. The number of esters is 2. The fourth-order valence-electron chi connectivity index (χ4n) is 2.39. The number of ketones is 1. The monoisotopic (exact) mass is 385 g/mol. The average molecular weight is 385 g/mol. The van der Waals surface area contributed by atoms with E-state index in [1.165, 1.54) is 0 Å². The predicted octanol–water partition coefficient (Wildman–Crippen LogP) is 3.37. The molecule has 2 rings (SSSR count). The van der Waals surface area contributed by atoms with E-state index >= 15 is 0 Å². The molecular formula is C20H19NO7. The quantitative estimate of drug-likeness (QED) is 0.296. The lowest BCUT2D eigenvalue weighted by Crippen LogP contribution is -2.15. The number of non-ortho nitro benzene ring substituents is 1. The minimum Gasteiger partial charge on any atom is -0.462 e. The van der Waals surface area contributed by atoms with Crippen molar-refractivity contribution in [2.75, 3.05) is 13.2 Å². The van der Waals surface area contributed by atoms with Crippen LogP contribution in [0.4, 0.5) is 5.69 Å². The standard InChI is InChI=1S/C20H19NO7/c1-3-13-5-7-14(8-6-13)18(22)12-28-20(24)16-9-15(19(23)27-4-2)10-17(11-16)21(25)26/h5-11H,3-4,12H2,1-2H3. The minimum atomic E-state index is -0.951. The Morgan fingerprint density at radius 2 is 1.46 bits per heavy atom. The van der Waals surface area contributed by atoms with Gasteiger partial charge >= 0.3 is 11.9 Å². The summed E-state index contributed by atoms with van der Waals surface area (Å²) >= 11 is 0. The van der Waals surface area contributed by atoms with E-state index in [9.17, 15) is 24.5 Å². The van der Waals surface area contributed by atoms with Crippen LogP contribution in [0.15, 0.2) is 42.5 Å². The van der Waals surface area contributed by atoms with Crippen LogP contribution in [0, 0.1) is 10.1 Å². The van der Waals surface area contributed by atoms with E-state index in [-0.39, 0.29) is 17.7 Å². The van der Waals surface area contributed by atoms with E-state index in [2.05, 4.69) is 0 Å². The summed E-state index contributed by atoms with van der Waals surface area (Å²) < 4.78 is 9.77. The van der Waals surface area contributed by atoms with Gasteiger partial charge in [-0.3, -0.25) is 14.9 Å². The zero-order valence-electron chi connectivity index (χ0n) is 15.5. The van der Waals surface area contributed by atoms with Gasteiger partial charge in [-0.05, 0) is 25.0 Å². The second kappa shape index (κ2) is 9.40. The number of hydrogen-bond donors (Lipinski definition) is 0. The average Bonchev–Trinajstić information content (AvgIpc) is 2.71. The van der Waals surface area contributed by atoms with Crippen LogP contribution in [0.3, 0.4) is 0 Å². The Morgan fingerprint density at radius 3 is 1.96 bits per heavy atom. The second-order valence-electron chi connectivity index (χ2n) is 5.80. The van der Waals surface area contributed by atoms with Crippen molar-refractivity contribution >= 4 is 23.4 Å². The first kappa shape index (κ1) is 20.8. The summed E-state index contributed by atoms with van der Waals surface area (Å²) in [7, 11) is 0. The van der Waals surface area contributed by atoms with Gasteiger partial charge in [-0.25, -0.2) is 9.59 Å². The van der Waals surface area contributed by atoms with Gasteiger partial charge in [0.15, 0.2) is 12.4 Å². The molecule has 28 heavy (non-hydrogen) atoms. The number of Topliss-reactive ketones (excluding diaryl/α,β-unsaturated/α-hetero) is 1. The first-order chi connectivity index (χ1) is 13.3. The zero-order valence-corrected chi connectivity index (χ0v) is 15.5. The summed E-state index contributed by atoms with van der Waals surface area (Å²) in [5.41, 5.74) is 0.628. The predicted molar refractivity (Wildman–Crippen MR) is 99.5 cm³/mol. The highest BCUT2D eigenvalue weighted by atomic mass is 16.6. The molecule has 0 unspecified atom stereocenters. The maximum absolute atomic E-state index is 12.2. The third kappa shape index (κ3) is 5.23. The molecule has 0 fully saturated rings. The van der Waals surface area contributed by atoms with Crippen LogP contribution in [0.1, 0.15) is 50.5 Å². The van der Waals surface area contributed by atoms with Gasteiger partial charge in [0.2, 0.25) is 0 Å². The van der Waals surface area contributed by atoms with Crippen LogP contribution in [-0.2, 0) is 15.9 Å². The second-order valence-corrected chi connectivity index (χ2v) is 5.80. The summed E-state index contributed by atoms with van der Waals surface area (Å²) in [5, 5.41) is 11.1. The van der Waals surface area contributed by atoms with Gasteiger partial charge < -0.3 is 9.47 Å². The fraction of sp³-hybridized carbons (Fsp3) is 0.250. The van der Waals surface area contributed by atoms with Crippen LogP contribution < -0.4 is 0 Å². The molecule has 0 spiro atoms. The lowest BCUT2D eigenvalue weighted by Gasteiger charge is -2.07. The van der Waals surface area contributed by atoms with E-state index in [0.29, 0.717) is 5.56 Å². The lowest BCUT2D eigenvalue weighted by atomic mass is 10.1. The van der Waals surface area contributed by atoms with Crippen LogP contribution in [0.2, 0.25) is 0 Å². The highest BCUT2D eigenvalue weighted by Gasteiger charge is 2.20. The van der Waals surface area contributed by atoms with E-state index < -0.39 is 34.9 Å². The molecule has 0 amide bonds. The molecule has 0 aliphatic rings. The van der Waals surface area contributed by atoms with Gasteiger partial charge in [0.25, 0.3) is 5.69 Å². The van der Waals surface area contributed by atoms with Gasteiger partial charge in [-0.2, -0.15) is 0 Å². The number of nitro benzene ring substituents is 1. The maximum Gasteiger partial charge on any atom is 0.338 e. The Hall–Kier alpha value is -3.55. The number of nitro groups is 1. The number of carbonyl (C=O) groups is 3. The van der Waals surface area contributed by atoms with Crippen molar-refractivity contribution in [2.24, 2.45) is 0 Å². The normalized spacial score (nSPS) is 10.2. The first-order valence-corrected chi connectivity index (χ1v) is 8.61. The molecule has 0 aliphatic heterocycles. The Balaban J connectivity index is 2.14. The molecule has 2 aromatic rings. The van der Waals surface area contributed by atoms with Crippen molar-refractivity contribution in [3.63, 3.8) is 0 Å². The van der Waals surface area contributed by atoms with Crippen molar-refractivity contribution in [3.05, 3.63) is 74.8 Å². The van der Waals surface area contributed by atoms with Gasteiger partial charge in [0.1, 0.15) is 0 Å². The van der Waals surface area contributed by atoms with E-state index in [1.807, 2.05) is 6.92 Å². The Bertz CT molecular complexity index is 903. The third-order valence-corrected chi connectivity index (χ3v) is 3.89. The molecule has 0 radical (unpaired) electrons. The molecular weight excluding hydrogens is 366 g/mol. The van der Waals surface area contributed by atoms with Crippen LogP contribution in [0.5, 0.6) is 0 Å². The van der Waals surface area contributed by atoms with Crippen LogP contribution in [0.25, 0.3) is 0 Å². The Labute approximate surface area is 161 Å². The molecule has 8 heteroatoms. The Kier molecular flexibility index (Phi) is 6.97. The molecule has 146 valence electrons. The van der Waals surface area contributed by atoms with Crippen LogP contribution >= 0.6 is 0 Å².